The molecule has 2 heterocycles. The number of anilines is 1. The van der Waals surface area contributed by atoms with Crippen LogP contribution in [0.2, 0.25) is 10.0 Å². The molecule has 0 aliphatic carbocycles. The zero-order valence-electron chi connectivity index (χ0n) is 31.4. The van der Waals surface area contributed by atoms with Crippen molar-refractivity contribution >= 4 is 52.7 Å². The van der Waals surface area contributed by atoms with Crippen molar-refractivity contribution in [3.8, 4) is 28.7 Å². The van der Waals surface area contributed by atoms with Gasteiger partial charge in [0, 0.05) is 39.0 Å². The highest BCUT2D eigenvalue weighted by atomic mass is 35.5. The van der Waals surface area contributed by atoms with E-state index in [1.54, 1.807) is 86.9 Å². The molecule has 0 radical (unpaired) electrons. The molecule has 0 saturated heterocycles. The Morgan fingerprint density at radius 3 is 2.24 bits per heavy atom. The minimum atomic E-state index is -1.28. The van der Waals surface area contributed by atoms with E-state index in [1.807, 2.05) is 30.3 Å². The predicted octanol–water partition coefficient (Wildman–Crippen LogP) is 7.40. The van der Waals surface area contributed by atoms with Crippen LogP contribution in [0, 0.1) is 11.3 Å². The number of carbonyl (C=O) groups excluding carboxylic acids is 3. The van der Waals surface area contributed by atoms with Crippen LogP contribution in [0.5, 0.6) is 11.5 Å². The fourth-order valence-corrected chi connectivity index (χ4v) is 7.23. The lowest BCUT2D eigenvalue weighted by Gasteiger charge is -2.38. The van der Waals surface area contributed by atoms with Gasteiger partial charge in [-0.3, -0.25) is 9.59 Å². The number of fused-ring (bicyclic) bond motifs is 2. The molecule has 3 N–H and O–H groups in total. The molecule has 58 heavy (non-hydrogen) atoms. The number of carboxylic acid groups (broad SMARTS) is 1. The standard InChI is InChI=1S/C44H37Cl2N5O7/c1-50(2)44(56)51-23-32-21-39-36(48-42(53)40(58-39)30-12-14-33(15-13-30)57-24-27-7-16-34(45)35(46)17-27)19-31(32)20-38(51)41(52)49-37(43(54)55)18-25-3-8-28(9-4-25)29-10-5-26(22-47)6-11-29/h3-17,19,21,37-38,40H,18,20,23-24H2,1-2H3,(H,48,53)(H,49,52)(H,54,55)/t37-,38-,40?/m0/s1. The molecule has 5 aromatic rings. The van der Waals surface area contributed by atoms with Gasteiger partial charge in [-0.1, -0.05) is 77.8 Å². The Morgan fingerprint density at radius 1 is 0.931 bits per heavy atom. The van der Waals surface area contributed by atoms with Gasteiger partial charge >= 0.3 is 12.0 Å². The predicted molar refractivity (Wildman–Crippen MR) is 218 cm³/mol. The van der Waals surface area contributed by atoms with E-state index in [2.05, 4.69) is 16.7 Å². The molecule has 3 atom stereocenters. The Balaban J connectivity index is 1.04. The summed E-state index contributed by atoms with van der Waals surface area (Å²) in [6, 6.07) is 29.5. The van der Waals surface area contributed by atoms with Crippen molar-refractivity contribution in [3.05, 3.63) is 147 Å². The summed E-state index contributed by atoms with van der Waals surface area (Å²) >= 11 is 12.1. The number of urea groups is 1. The van der Waals surface area contributed by atoms with Crippen LogP contribution < -0.4 is 20.1 Å². The highest BCUT2D eigenvalue weighted by Gasteiger charge is 2.39. The van der Waals surface area contributed by atoms with E-state index in [-0.39, 0.29) is 31.9 Å². The van der Waals surface area contributed by atoms with Gasteiger partial charge in [-0.25, -0.2) is 9.59 Å². The molecule has 2 aliphatic rings. The summed E-state index contributed by atoms with van der Waals surface area (Å²) in [5.41, 5.74) is 6.30. The molecule has 0 bridgehead atoms. The van der Waals surface area contributed by atoms with Crippen molar-refractivity contribution < 1.29 is 33.8 Å². The number of rotatable bonds is 10. The lowest BCUT2D eigenvalue weighted by Crippen LogP contribution is -2.57. The lowest BCUT2D eigenvalue weighted by atomic mass is 9.91. The van der Waals surface area contributed by atoms with Gasteiger partial charge in [-0.15, -0.1) is 0 Å². The third-order valence-electron chi connectivity index (χ3n) is 10.0. The first-order chi connectivity index (χ1) is 27.9. The van der Waals surface area contributed by atoms with Crippen LogP contribution in [0.15, 0.2) is 103 Å². The van der Waals surface area contributed by atoms with E-state index in [1.165, 1.54) is 9.80 Å². The van der Waals surface area contributed by atoms with Crippen molar-refractivity contribution in [2.24, 2.45) is 0 Å². The Kier molecular flexibility index (Phi) is 11.6. The maximum Gasteiger partial charge on any atom is 0.326 e. The SMILES string of the molecule is CN(C)C(=O)N1Cc2cc3c(cc2C[C@H]1C(=O)N[C@@H](Cc1ccc(-c2ccc(C#N)cc2)cc1)C(=O)O)NC(=O)C(c1ccc(OCc2ccc(Cl)c(Cl)c2)cc1)O3. The van der Waals surface area contributed by atoms with E-state index in [0.29, 0.717) is 49.5 Å². The molecule has 0 saturated carbocycles. The zero-order valence-corrected chi connectivity index (χ0v) is 32.9. The average molecular weight is 819 g/mol. The van der Waals surface area contributed by atoms with Crippen LogP contribution in [-0.2, 0) is 40.4 Å². The van der Waals surface area contributed by atoms with Crippen LogP contribution in [0.3, 0.4) is 0 Å². The minimum Gasteiger partial charge on any atom is -0.489 e. The van der Waals surface area contributed by atoms with Crippen molar-refractivity contribution in [2.45, 2.75) is 44.2 Å². The third-order valence-corrected chi connectivity index (χ3v) is 10.8. The first-order valence-corrected chi connectivity index (χ1v) is 19.0. The van der Waals surface area contributed by atoms with Gasteiger partial charge in [0.1, 0.15) is 30.2 Å². The molecule has 4 amide bonds. The number of hydrogen-bond donors (Lipinski definition) is 3. The van der Waals surface area contributed by atoms with Crippen molar-refractivity contribution in [3.63, 3.8) is 0 Å². The summed E-state index contributed by atoms with van der Waals surface area (Å²) < 4.78 is 12.1. The molecule has 0 aromatic heterocycles. The summed E-state index contributed by atoms with van der Waals surface area (Å²) in [5.74, 6) is -1.25. The summed E-state index contributed by atoms with van der Waals surface area (Å²) in [6.45, 7) is 0.307. The van der Waals surface area contributed by atoms with E-state index in [4.69, 9.17) is 37.9 Å². The monoisotopic (exact) mass is 817 g/mol. The van der Waals surface area contributed by atoms with Crippen molar-refractivity contribution in [2.75, 3.05) is 19.4 Å². The number of carbonyl (C=O) groups is 4. The summed E-state index contributed by atoms with van der Waals surface area (Å²) in [4.78, 5) is 56.0. The quantitative estimate of drug-likeness (QED) is 0.131. The first-order valence-electron chi connectivity index (χ1n) is 18.3. The number of amides is 4. The molecule has 14 heteroatoms. The molecule has 0 fully saturated rings. The molecule has 7 rings (SSSR count). The minimum absolute atomic E-state index is 0.00613. The van der Waals surface area contributed by atoms with E-state index in [0.717, 1.165) is 22.3 Å². The van der Waals surface area contributed by atoms with Crippen LogP contribution in [0.25, 0.3) is 11.1 Å². The van der Waals surface area contributed by atoms with Crippen molar-refractivity contribution in [1.82, 2.24) is 15.1 Å². The number of ether oxygens (including phenoxy) is 2. The number of nitrogens with one attached hydrogen (secondary N) is 2. The Bertz CT molecular complexity index is 2430. The fourth-order valence-electron chi connectivity index (χ4n) is 6.91. The second kappa shape index (κ2) is 16.9. The molecular formula is C44H37Cl2N5O7. The van der Waals surface area contributed by atoms with Gasteiger partial charge < -0.3 is 35.0 Å². The van der Waals surface area contributed by atoms with E-state index in [9.17, 15) is 24.3 Å². The average Bonchev–Trinajstić information content (AvgIpc) is 3.22. The van der Waals surface area contributed by atoms with Gasteiger partial charge in [0.15, 0.2) is 0 Å². The second-order valence-electron chi connectivity index (χ2n) is 14.2. The number of aliphatic carboxylic acids is 1. The molecule has 5 aromatic carbocycles. The van der Waals surface area contributed by atoms with Gasteiger partial charge in [0.2, 0.25) is 12.0 Å². The Hall–Kier alpha value is -6.55. The van der Waals surface area contributed by atoms with Crippen LogP contribution in [0.1, 0.15) is 39.5 Å². The summed E-state index contributed by atoms with van der Waals surface area (Å²) in [6.07, 6.45) is -0.883. The van der Waals surface area contributed by atoms with Crippen LogP contribution in [-0.4, -0.2) is 64.9 Å². The second-order valence-corrected chi connectivity index (χ2v) is 15.0. The van der Waals surface area contributed by atoms with Crippen molar-refractivity contribution in [1.29, 1.82) is 5.26 Å². The number of halogens is 2. The number of nitriles is 1. The molecule has 1 unspecified atom stereocenters. The first kappa shape index (κ1) is 39.7. The van der Waals surface area contributed by atoms with Gasteiger partial charge in [0.05, 0.1) is 27.4 Å². The third kappa shape index (κ3) is 8.71. The van der Waals surface area contributed by atoms with E-state index < -0.39 is 36.1 Å². The molecular weight excluding hydrogens is 781 g/mol. The topological polar surface area (TPSA) is 161 Å². The highest BCUT2D eigenvalue weighted by Crippen LogP contribution is 2.40. The highest BCUT2D eigenvalue weighted by molar-refractivity contribution is 6.42. The number of hydrogen-bond acceptors (Lipinski definition) is 7. The Labute approximate surface area is 344 Å². The largest absolute Gasteiger partial charge is 0.489 e. The lowest BCUT2D eigenvalue weighted by molar-refractivity contribution is -0.142. The number of nitrogens with zero attached hydrogens (tertiary/aromatic N) is 3. The molecule has 2 aliphatic heterocycles. The summed E-state index contributed by atoms with van der Waals surface area (Å²) in [5, 5.41) is 25.7. The number of benzene rings is 5. The maximum atomic E-state index is 13.9. The van der Waals surface area contributed by atoms with E-state index >= 15 is 0 Å². The fraction of sp³-hybridized carbons (Fsp3) is 0.205. The van der Waals surface area contributed by atoms with Gasteiger partial charge in [-0.2, -0.15) is 5.26 Å². The smallest absolute Gasteiger partial charge is 0.326 e. The van der Waals surface area contributed by atoms with Gasteiger partial charge in [-0.05, 0) is 81.9 Å². The van der Waals surface area contributed by atoms with Crippen LogP contribution in [0.4, 0.5) is 10.5 Å². The maximum absolute atomic E-state index is 13.9. The Morgan fingerprint density at radius 2 is 1.60 bits per heavy atom. The molecule has 12 nitrogen and oxygen atoms in total. The molecule has 0 spiro atoms. The normalized spacial score (nSPS) is 16.1. The molecule has 294 valence electrons. The van der Waals surface area contributed by atoms with Crippen LogP contribution >= 0.6 is 23.2 Å². The number of carboxylic acids is 1. The van der Waals surface area contributed by atoms with Gasteiger partial charge in [0.25, 0.3) is 5.91 Å². The zero-order chi connectivity index (χ0) is 41.1. The summed E-state index contributed by atoms with van der Waals surface area (Å²) in [7, 11) is 3.16.